The number of rotatable bonds is 4. The number of carbonyl (C=O) groups excluding carboxylic acids is 2. The highest BCUT2D eigenvalue weighted by Crippen LogP contribution is 2.25. The Hall–Kier alpha value is -3.18. The van der Waals surface area contributed by atoms with Crippen LogP contribution >= 0.6 is 0 Å². The van der Waals surface area contributed by atoms with Crippen molar-refractivity contribution < 1.29 is 14.7 Å². The second kappa shape index (κ2) is 6.75. The fraction of sp³-hybridized carbons (Fsp3) is 0.294. The highest BCUT2D eigenvalue weighted by atomic mass is 16.3. The van der Waals surface area contributed by atoms with Crippen molar-refractivity contribution in [2.24, 2.45) is 11.7 Å². The van der Waals surface area contributed by atoms with Gasteiger partial charge in [-0.2, -0.15) is 10.4 Å². The number of carbonyl (C=O) groups is 2. The number of hydrogen-bond donors (Lipinski definition) is 3. The highest BCUT2D eigenvalue weighted by Gasteiger charge is 2.34. The van der Waals surface area contributed by atoms with E-state index in [9.17, 15) is 14.7 Å². The Balaban J connectivity index is 1.84. The second-order valence-corrected chi connectivity index (χ2v) is 5.97. The van der Waals surface area contributed by atoms with Gasteiger partial charge < -0.3 is 16.2 Å². The van der Waals surface area contributed by atoms with Gasteiger partial charge in [0.1, 0.15) is 5.69 Å². The number of aliphatic hydroxyl groups is 1. The zero-order valence-electron chi connectivity index (χ0n) is 13.3. The number of para-hydroxylation sites is 1. The molecule has 4 N–H and O–H groups in total. The normalized spacial score (nSPS) is 22.3. The molecule has 1 aliphatic rings. The third-order valence-electron chi connectivity index (χ3n) is 4.22. The minimum Gasteiger partial charge on any atom is -0.391 e. The van der Waals surface area contributed by atoms with Crippen LogP contribution < -0.4 is 11.1 Å². The molecular formula is C17H17N5O3. The minimum absolute atomic E-state index is 0.0188. The van der Waals surface area contributed by atoms with Crippen LogP contribution in [0.25, 0.3) is 5.69 Å². The number of nitriles is 1. The average Bonchev–Trinajstić information content (AvgIpc) is 3.20. The van der Waals surface area contributed by atoms with E-state index in [4.69, 9.17) is 11.0 Å². The molecular weight excluding hydrogens is 322 g/mol. The molecule has 2 aromatic rings. The molecule has 0 bridgehead atoms. The Morgan fingerprint density at radius 3 is 2.64 bits per heavy atom. The van der Waals surface area contributed by atoms with Crippen LogP contribution in [0.1, 0.15) is 33.8 Å². The molecule has 3 rings (SSSR count). The zero-order valence-corrected chi connectivity index (χ0v) is 13.3. The van der Waals surface area contributed by atoms with Crippen molar-refractivity contribution in [3.8, 4) is 11.8 Å². The number of primary amides is 1. The lowest BCUT2D eigenvalue weighted by molar-refractivity contribution is 0.0867. The van der Waals surface area contributed by atoms with Gasteiger partial charge in [0.25, 0.3) is 11.8 Å². The second-order valence-electron chi connectivity index (χ2n) is 5.97. The molecule has 128 valence electrons. The number of amides is 2. The first-order chi connectivity index (χ1) is 12.0. The fourth-order valence-corrected chi connectivity index (χ4v) is 2.95. The highest BCUT2D eigenvalue weighted by molar-refractivity contribution is 5.97. The van der Waals surface area contributed by atoms with E-state index < -0.39 is 24.0 Å². The molecule has 1 aromatic carbocycles. The van der Waals surface area contributed by atoms with Gasteiger partial charge in [-0.05, 0) is 25.0 Å². The largest absolute Gasteiger partial charge is 0.391 e. The van der Waals surface area contributed by atoms with Gasteiger partial charge in [-0.15, -0.1) is 0 Å². The van der Waals surface area contributed by atoms with Crippen LogP contribution in [0, 0.1) is 17.2 Å². The zero-order chi connectivity index (χ0) is 18.0. The topological polar surface area (TPSA) is 134 Å². The van der Waals surface area contributed by atoms with Crippen LogP contribution in [0.15, 0.2) is 36.4 Å². The van der Waals surface area contributed by atoms with Gasteiger partial charge in [0.05, 0.1) is 29.8 Å². The predicted molar refractivity (Wildman–Crippen MR) is 87.7 cm³/mol. The van der Waals surface area contributed by atoms with Crippen molar-refractivity contribution >= 4 is 11.8 Å². The molecule has 0 aliphatic heterocycles. The summed E-state index contributed by atoms with van der Waals surface area (Å²) in [6.45, 7) is 0. The third kappa shape index (κ3) is 3.36. The molecule has 1 saturated carbocycles. The Morgan fingerprint density at radius 1 is 1.32 bits per heavy atom. The van der Waals surface area contributed by atoms with Crippen molar-refractivity contribution in [1.82, 2.24) is 15.1 Å². The molecule has 8 heteroatoms. The van der Waals surface area contributed by atoms with E-state index in [0.717, 1.165) is 0 Å². The maximum absolute atomic E-state index is 12.4. The number of aliphatic hydroxyl groups excluding tert-OH is 1. The minimum atomic E-state index is -0.777. The summed E-state index contributed by atoms with van der Waals surface area (Å²) < 4.78 is 1.31. The van der Waals surface area contributed by atoms with E-state index in [0.29, 0.717) is 18.5 Å². The summed E-state index contributed by atoms with van der Waals surface area (Å²) in [5.74, 6) is -1.52. The van der Waals surface area contributed by atoms with E-state index in [-0.39, 0.29) is 17.3 Å². The lowest BCUT2D eigenvalue weighted by Crippen LogP contribution is -2.40. The van der Waals surface area contributed by atoms with Crippen LogP contribution in [-0.4, -0.2) is 38.8 Å². The molecule has 2 amide bonds. The van der Waals surface area contributed by atoms with E-state index in [1.165, 1.54) is 10.7 Å². The average molecular weight is 339 g/mol. The van der Waals surface area contributed by atoms with Crippen molar-refractivity contribution in [3.63, 3.8) is 0 Å². The molecule has 0 saturated heterocycles. The first-order valence-corrected chi connectivity index (χ1v) is 7.83. The quantitative estimate of drug-likeness (QED) is 0.739. The molecule has 8 nitrogen and oxygen atoms in total. The number of aromatic nitrogens is 2. The van der Waals surface area contributed by atoms with Gasteiger partial charge in [-0.3, -0.25) is 9.59 Å². The molecule has 0 spiro atoms. The van der Waals surface area contributed by atoms with Crippen LogP contribution in [-0.2, 0) is 0 Å². The lowest BCUT2D eigenvalue weighted by atomic mass is 10.1. The van der Waals surface area contributed by atoms with Crippen LogP contribution in [0.2, 0.25) is 0 Å². The summed E-state index contributed by atoms with van der Waals surface area (Å²) in [6.07, 6.45) is -0.0711. The van der Waals surface area contributed by atoms with Crippen molar-refractivity contribution in [1.29, 1.82) is 5.26 Å². The van der Waals surface area contributed by atoms with Crippen molar-refractivity contribution in [3.05, 3.63) is 47.8 Å². The van der Waals surface area contributed by atoms with E-state index in [2.05, 4.69) is 16.5 Å². The van der Waals surface area contributed by atoms with Crippen LogP contribution in [0.5, 0.6) is 0 Å². The Labute approximate surface area is 143 Å². The Kier molecular flexibility index (Phi) is 4.50. The van der Waals surface area contributed by atoms with Gasteiger partial charge in [-0.25, -0.2) is 4.68 Å². The summed E-state index contributed by atoms with van der Waals surface area (Å²) in [5.41, 5.74) is 6.08. The van der Waals surface area contributed by atoms with Crippen LogP contribution in [0.4, 0.5) is 0 Å². The smallest absolute Gasteiger partial charge is 0.272 e. The van der Waals surface area contributed by atoms with Crippen molar-refractivity contribution in [2.75, 3.05) is 0 Å². The predicted octanol–water partition coefficient (Wildman–Crippen LogP) is 0.364. The van der Waals surface area contributed by atoms with Gasteiger partial charge in [0.2, 0.25) is 0 Å². The summed E-state index contributed by atoms with van der Waals surface area (Å²) in [6, 6.07) is 11.7. The van der Waals surface area contributed by atoms with E-state index in [1.54, 1.807) is 24.3 Å². The molecule has 3 atom stereocenters. The molecule has 1 heterocycles. The summed E-state index contributed by atoms with van der Waals surface area (Å²) in [4.78, 5) is 24.1. The maximum Gasteiger partial charge on any atom is 0.272 e. The number of hydrogen-bond acceptors (Lipinski definition) is 5. The van der Waals surface area contributed by atoms with Gasteiger partial charge in [-0.1, -0.05) is 18.2 Å². The number of nitrogens with one attached hydrogen (secondary N) is 1. The first-order valence-electron chi connectivity index (χ1n) is 7.83. The monoisotopic (exact) mass is 339 g/mol. The fourth-order valence-electron chi connectivity index (χ4n) is 2.95. The Morgan fingerprint density at radius 2 is 2.04 bits per heavy atom. The number of benzene rings is 1. The van der Waals surface area contributed by atoms with Gasteiger partial charge >= 0.3 is 0 Å². The number of nitrogens with two attached hydrogens (primary N) is 1. The lowest BCUT2D eigenvalue weighted by Gasteiger charge is -2.15. The maximum atomic E-state index is 12.4. The molecule has 1 fully saturated rings. The number of nitrogens with zero attached hydrogens (tertiary/aromatic N) is 3. The molecule has 25 heavy (non-hydrogen) atoms. The van der Waals surface area contributed by atoms with Crippen molar-refractivity contribution in [2.45, 2.75) is 25.0 Å². The molecule has 0 radical (unpaired) electrons. The summed E-state index contributed by atoms with van der Waals surface area (Å²) in [5, 5.41) is 25.7. The van der Waals surface area contributed by atoms with E-state index in [1.807, 2.05) is 6.07 Å². The molecule has 1 aliphatic carbocycles. The van der Waals surface area contributed by atoms with Gasteiger partial charge in [0, 0.05) is 6.07 Å². The summed E-state index contributed by atoms with van der Waals surface area (Å²) in [7, 11) is 0. The van der Waals surface area contributed by atoms with E-state index >= 15 is 0 Å². The standard InChI is InChI=1S/C17H17N5O3/c18-9-10-6-12(15(23)7-10)20-17(25)13-8-14(16(19)24)22(21-13)11-4-2-1-3-5-11/h1-5,8,10,12,15,23H,6-7H2,(H2,19,24)(H,20,25)/t10-,12+,15+/m0/s1. The molecule has 1 aromatic heterocycles. The first kappa shape index (κ1) is 16.7. The van der Waals surface area contributed by atoms with Crippen LogP contribution in [0.3, 0.4) is 0 Å². The van der Waals surface area contributed by atoms with Gasteiger partial charge in [0.15, 0.2) is 5.69 Å². The molecule has 0 unspecified atom stereocenters. The Bertz CT molecular complexity index is 840. The summed E-state index contributed by atoms with van der Waals surface area (Å²) >= 11 is 0. The third-order valence-corrected chi connectivity index (χ3v) is 4.22. The SMILES string of the molecule is N#C[C@@H]1C[C@@H](O)[C@H](NC(=O)c2cc(C(N)=O)n(-c3ccccc3)n2)C1.